The van der Waals surface area contributed by atoms with Crippen molar-refractivity contribution in [2.45, 2.75) is 31.8 Å². The maximum Gasteiger partial charge on any atom is 0.225 e. The second-order valence-electron chi connectivity index (χ2n) is 5.50. The van der Waals surface area contributed by atoms with Gasteiger partial charge in [0.2, 0.25) is 5.95 Å². The van der Waals surface area contributed by atoms with Crippen LogP contribution in [0.1, 0.15) is 31.4 Å². The van der Waals surface area contributed by atoms with Crippen molar-refractivity contribution < 1.29 is 0 Å². The number of piperidine rings is 1. The smallest absolute Gasteiger partial charge is 0.225 e. The predicted molar refractivity (Wildman–Crippen MR) is 83.1 cm³/mol. The molecule has 1 fully saturated rings. The lowest BCUT2D eigenvalue weighted by Gasteiger charge is -2.34. The van der Waals surface area contributed by atoms with Crippen LogP contribution >= 0.6 is 0 Å². The summed E-state index contributed by atoms with van der Waals surface area (Å²) in [4.78, 5) is 15.0. The number of pyridine rings is 1. The van der Waals surface area contributed by atoms with Gasteiger partial charge in [0.25, 0.3) is 0 Å². The van der Waals surface area contributed by atoms with E-state index in [1.165, 1.54) is 18.4 Å². The Hall–Kier alpha value is -2.01. The maximum absolute atomic E-state index is 4.35. The fourth-order valence-electron chi connectivity index (χ4n) is 2.85. The molecule has 3 heterocycles. The van der Waals surface area contributed by atoms with E-state index in [4.69, 9.17) is 0 Å². The fourth-order valence-corrected chi connectivity index (χ4v) is 2.85. The summed E-state index contributed by atoms with van der Waals surface area (Å²) in [6.07, 6.45) is 9.66. The zero-order valence-corrected chi connectivity index (χ0v) is 12.3. The Balaban J connectivity index is 1.61. The summed E-state index contributed by atoms with van der Waals surface area (Å²) in [7, 11) is 0. The van der Waals surface area contributed by atoms with E-state index in [0.29, 0.717) is 12.1 Å². The molecule has 2 atom stereocenters. The normalized spacial score (nSPS) is 20.2. The van der Waals surface area contributed by atoms with Crippen LogP contribution in [0.4, 0.5) is 5.95 Å². The first kappa shape index (κ1) is 13.9. The van der Waals surface area contributed by atoms with Crippen molar-refractivity contribution in [2.75, 3.05) is 18.0 Å². The molecule has 0 spiro atoms. The van der Waals surface area contributed by atoms with E-state index in [0.717, 1.165) is 19.0 Å². The maximum atomic E-state index is 4.35. The lowest BCUT2D eigenvalue weighted by Crippen LogP contribution is -2.47. The molecule has 1 saturated heterocycles. The minimum absolute atomic E-state index is 0.328. The molecule has 1 aliphatic rings. The molecule has 2 unspecified atom stereocenters. The first-order valence-corrected chi connectivity index (χ1v) is 7.51. The van der Waals surface area contributed by atoms with Crippen LogP contribution in [0.3, 0.4) is 0 Å². The second kappa shape index (κ2) is 6.63. The SMILES string of the molecule is CC(NC1CCCN(c2ncccn2)C1)c1ccncc1. The van der Waals surface area contributed by atoms with Gasteiger partial charge in [-0.2, -0.15) is 0 Å². The van der Waals surface area contributed by atoms with Crippen LogP contribution in [0.25, 0.3) is 0 Å². The van der Waals surface area contributed by atoms with Gasteiger partial charge in [-0.25, -0.2) is 9.97 Å². The Morgan fingerprint density at radius 1 is 1.19 bits per heavy atom. The first-order valence-electron chi connectivity index (χ1n) is 7.51. The van der Waals surface area contributed by atoms with Crippen LogP contribution in [0, 0.1) is 0 Å². The first-order chi connectivity index (χ1) is 10.3. The molecule has 2 aromatic rings. The van der Waals surface area contributed by atoms with Crippen molar-refractivity contribution in [3.05, 3.63) is 48.5 Å². The van der Waals surface area contributed by atoms with Crippen molar-refractivity contribution in [2.24, 2.45) is 0 Å². The van der Waals surface area contributed by atoms with Gasteiger partial charge in [0.05, 0.1) is 0 Å². The topological polar surface area (TPSA) is 53.9 Å². The van der Waals surface area contributed by atoms with Crippen molar-refractivity contribution >= 4 is 5.95 Å². The van der Waals surface area contributed by atoms with Crippen LogP contribution < -0.4 is 10.2 Å². The third kappa shape index (κ3) is 3.55. The molecule has 5 nitrogen and oxygen atoms in total. The predicted octanol–water partition coefficient (Wildman–Crippen LogP) is 2.19. The molecule has 0 amide bonds. The molecule has 1 aliphatic heterocycles. The molecule has 5 heteroatoms. The van der Waals surface area contributed by atoms with E-state index >= 15 is 0 Å². The minimum atomic E-state index is 0.328. The van der Waals surface area contributed by atoms with Gasteiger partial charge in [-0.15, -0.1) is 0 Å². The Morgan fingerprint density at radius 3 is 2.71 bits per heavy atom. The number of hydrogen-bond acceptors (Lipinski definition) is 5. The van der Waals surface area contributed by atoms with Crippen LogP contribution in [0.5, 0.6) is 0 Å². The number of nitrogens with one attached hydrogen (secondary N) is 1. The van der Waals surface area contributed by atoms with E-state index < -0.39 is 0 Å². The van der Waals surface area contributed by atoms with E-state index in [1.54, 1.807) is 12.4 Å². The Kier molecular flexibility index (Phi) is 4.40. The zero-order chi connectivity index (χ0) is 14.5. The standard InChI is InChI=1S/C16H21N5/c1-13(14-5-9-17-10-6-14)20-15-4-2-11-21(12-15)16-18-7-3-8-19-16/h3,5-10,13,15,20H,2,4,11-12H2,1H3. The summed E-state index contributed by atoms with van der Waals surface area (Å²) in [5.74, 6) is 0.834. The number of rotatable bonds is 4. The lowest BCUT2D eigenvalue weighted by atomic mass is 10.0. The van der Waals surface area contributed by atoms with E-state index in [-0.39, 0.29) is 0 Å². The molecule has 0 saturated carbocycles. The quantitative estimate of drug-likeness (QED) is 0.932. The summed E-state index contributed by atoms with van der Waals surface area (Å²) in [6.45, 7) is 4.19. The zero-order valence-electron chi connectivity index (χ0n) is 12.3. The molecule has 21 heavy (non-hydrogen) atoms. The lowest BCUT2D eigenvalue weighted by molar-refractivity contribution is 0.386. The van der Waals surface area contributed by atoms with Gasteiger partial charge in [0, 0.05) is 50.0 Å². The molecule has 0 aliphatic carbocycles. The molecule has 3 rings (SSSR count). The monoisotopic (exact) mass is 283 g/mol. The van der Waals surface area contributed by atoms with Gasteiger partial charge < -0.3 is 10.2 Å². The summed E-state index contributed by atoms with van der Waals surface area (Å²) < 4.78 is 0. The van der Waals surface area contributed by atoms with Crippen molar-refractivity contribution in [1.29, 1.82) is 0 Å². The van der Waals surface area contributed by atoms with Crippen molar-refractivity contribution in [3.8, 4) is 0 Å². The third-order valence-corrected chi connectivity index (χ3v) is 3.95. The summed E-state index contributed by atoms with van der Waals surface area (Å²) in [5.41, 5.74) is 1.28. The highest BCUT2D eigenvalue weighted by Crippen LogP contribution is 2.18. The summed E-state index contributed by atoms with van der Waals surface area (Å²) >= 11 is 0. The van der Waals surface area contributed by atoms with Gasteiger partial charge in [-0.3, -0.25) is 4.98 Å². The van der Waals surface area contributed by atoms with Crippen LogP contribution in [-0.2, 0) is 0 Å². The molecule has 110 valence electrons. The molecule has 0 aromatic carbocycles. The summed E-state index contributed by atoms with van der Waals surface area (Å²) in [6, 6.07) is 6.78. The average Bonchev–Trinajstić information content (AvgIpc) is 2.57. The van der Waals surface area contributed by atoms with Crippen molar-refractivity contribution in [1.82, 2.24) is 20.3 Å². The Bertz CT molecular complexity index is 543. The Labute approximate surface area is 125 Å². The molecular formula is C16H21N5. The van der Waals surface area contributed by atoms with Crippen LogP contribution in [-0.4, -0.2) is 34.1 Å². The highest BCUT2D eigenvalue weighted by Gasteiger charge is 2.22. The number of hydrogen-bond donors (Lipinski definition) is 1. The van der Waals surface area contributed by atoms with E-state index in [2.05, 4.69) is 44.2 Å². The molecule has 2 aromatic heterocycles. The second-order valence-corrected chi connectivity index (χ2v) is 5.50. The van der Waals surface area contributed by atoms with Crippen molar-refractivity contribution in [3.63, 3.8) is 0 Å². The average molecular weight is 283 g/mol. The summed E-state index contributed by atoms with van der Waals surface area (Å²) in [5, 5.41) is 3.71. The molecule has 0 bridgehead atoms. The minimum Gasteiger partial charge on any atom is -0.339 e. The third-order valence-electron chi connectivity index (χ3n) is 3.95. The number of aromatic nitrogens is 3. The van der Waals surface area contributed by atoms with Crippen LogP contribution in [0.2, 0.25) is 0 Å². The van der Waals surface area contributed by atoms with Gasteiger partial charge in [-0.05, 0) is 43.5 Å². The highest BCUT2D eigenvalue weighted by atomic mass is 15.3. The largest absolute Gasteiger partial charge is 0.339 e. The van der Waals surface area contributed by atoms with Gasteiger partial charge in [0.15, 0.2) is 0 Å². The van der Waals surface area contributed by atoms with Crippen LogP contribution in [0.15, 0.2) is 43.0 Å². The molecule has 1 N–H and O–H groups in total. The van der Waals surface area contributed by atoms with E-state index in [9.17, 15) is 0 Å². The Morgan fingerprint density at radius 2 is 1.95 bits per heavy atom. The van der Waals surface area contributed by atoms with E-state index in [1.807, 2.05) is 18.5 Å². The molecule has 0 radical (unpaired) electrons. The molecular weight excluding hydrogens is 262 g/mol. The number of anilines is 1. The van der Waals surface area contributed by atoms with Gasteiger partial charge in [-0.1, -0.05) is 0 Å². The van der Waals surface area contributed by atoms with Gasteiger partial charge in [0.1, 0.15) is 0 Å². The van der Waals surface area contributed by atoms with Gasteiger partial charge >= 0.3 is 0 Å². The fraction of sp³-hybridized carbons (Fsp3) is 0.438. The number of nitrogens with zero attached hydrogens (tertiary/aromatic N) is 4. The highest BCUT2D eigenvalue weighted by molar-refractivity contribution is 5.29.